The van der Waals surface area contributed by atoms with Crippen molar-refractivity contribution < 1.29 is 0 Å². The molecule has 4 rings (SSSR count). The predicted molar refractivity (Wildman–Crippen MR) is 137 cm³/mol. The highest BCUT2D eigenvalue weighted by Crippen LogP contribution is 2.34. The normalized spacial score (nSPS) is 11.8. The third kappa shape index (κ3) is 4.81. The summed E-state index contributed by atoms with van der Waals surface area (Å²) in [7, 11) is 0. The van der Waals surface area contributed by atoms with Crippen LogP contribution in [-0.2, 0) is 12.8 Å². The number of fused-ring (bicyclic) bond motifs is 5. The van der Waals surface area contributed by atoms with E-state index in [1.807, 2.05) is 0 Å². The molecule has 1 nitrogen and oxygen atoms in total. The highest BCUT2D eigenvalue weighted by molar-refractivity contribution is 6.04. The molecular formula is C30H39N. The van der Waals surface area contributed by atoms with Crippen LogP contribution in [0.25, 0.3) is 27.2 Å². The number of unbranched alkanes of at least 4 members (excludes halogenated alkanes) is 8. The number of hydrogen-bond donors (Lipinski definition) is 0. The van der Waals surface area contributed by atoms with E-state index >= 15 is 0 Å². The summed E-state index contributed by atoms with van der Waals surface area (Å²) in [6, 6.07) is 20.5. The molecule has 0 atom stereocenters. The van der Waals surface area contributed by atoms with E-state index in [-0.39, 0.29) is 0 Å². The fourth-order valence-electron chi connectivity index (χ4n) is 5.25. The van der Waals surface area contributed by atoms with Gasteiger partial charge in [0, 0.05) is 16.5 Å². The lowest BCUT2D eigenvalue weighted by Crippen LogP contribution is -2.05. The Hall–Kier alpha value is -2.28. The van der Waals surface area contributed by atoms with Crippen LogP contribution in [-0.4, -0.2) is 4.40 Å². The summed E-state index contributed by atoms with van der Waals surface area (Å²) in [5.74, 6) is 0. The quantitative estimate of drug-likeness (QED) is 0.204. The molecule has 4 aromatic rings. The third-order valence-electron chi connectivity index (χ3n) is 6.90. The molecule has 164 valence electrons. The topological polar surface area (TPSA) is 4.41 Å². The molecule has 0 bridgehead atoms. The number of nitrogens with zero attached hydrogens (tertiary/aromatic N) is 1. The fourth-order valence-corrected chi connectivity index (χ4v) is 5.25. The maximum atomic E-state index is 2.61. The molecule has 2 aromatic heterocycles. The summed E-state index contributed by atoms with van der Waals surface area (Å²) < 4.78 is 2.61. The summed E-state index contributed by atoms with van der Waals surface area (Å²) in [4.78, 5) is 0. The van der Waals surface area contributed by atoms with Gasteiger partial charge in [0.25, 0.3) is 0 Å². The van der Waals surface area contributed by atoms with Crippen LogP contribution in [0.2, 0.25) is 0 Å². The van der Waals surface area contributed by atoms with E-state index in [0.29, 0.717) is 0 Å². The zero-order valence-electron chi connectivity index (χ0n) is 19.6. The van der Waals surface area contributed by atoms with E-state index < -0.39 is 0 Å². The number of para-hydroxylation sites is 1. The van der Waals surface area contributed by atoms with Crippen LogP contribution in [0, 0.1) is 0 Å². The molecule has 2 aromatic carbocycles. The zero-order valence-corrected chi connectivity index (χ0v) is 19.6. The molecule has 0 radical (unpaired) electrons. The Morgan fingerprint density at radius 2 is 1.19 bits per heavy atom. The van der Waals surface area contributed by atoms with Gasteiger partial charge in [-0.2, -0.15) is 0 Å². The van der Waals surface area contributed by atoms with Crippen molar-refractivity contribution in [3.8, 4) is 0 Å². The second-order valence-corrected chi connectivity index (χ2v) is 9.22. The minimum Gasteiger partial charge on any atom is -0.313 e. The van der Waals surface area contributed by atoms with Crippen molar-refractivity contribution >= 4 is 27.2 Å². The van der Waals surface area contributed by atoms with Crippen LogP contribution in [0.1, 0.15) is 89.3 Å². The maximum absolute atomic E-state index is 2.61. The van der Waals surface area contributed by atoms with Crippen molar-refractivity contribution in [1.82, 2.24) is 4.40 Å². The average molecular weight is 414 g/mol. The molecule has 0 saturated heterocycles. The molecule has 0 aliphatic carbocycles. The van der Waals surface area contributed by atoms with Crippen molar-refractivity contribution in [2.24, 2.45) is 0 Å². The second kappa shape index (κ2) is 10.8. The number of aryl methyl sites for hydroxylation is 2. The van der Waals surface area contributed by atoms with Crippen LogP contribution in [0.3, 0.4) is 0 Å². The van der Waals surface area contributed by atoms with Crippen molar-refractivity contribution in [3.63, 3.8) is 0 Å². The number of pyridine rings is 1. The Balaban J connectivity index is 1.79. The lowest BCUT2D eigenvalue weighted by atomic mass is 9.95. The standard InChI is InChI=1S/C30H39N/c1-3-5-7-9-11-19-26-25-18-14-15-20-27(25)30-23-24-17-13-16-21-28(24)31(30)29(26)22-12-10-8-6-4-2/h13-18,20-21,23H,3-12,19,22H2,1-2H3. The van der Waals surface area contributed by atoms with Gasteiger partial charge in [-0.05, 0) is 48.8 Å². The molecule has 0 aliphatic heterocycles. The van der Waals surface area contributed by atoms with Crippen molar-refractivity contribution in [3.05, 3.63) is 65.9 Å². The van der Waals surface area contributed by atoms with Crippen LogP contribution in [0.15, 0.2) is 54.6 Å². The third-order valence-corrected chi connectivity index (χ3v) is 6.90. The Labute approximate surface area is 188 Å². The van der Waals surface area contributed by atoms with E-state index in [9.17, 15) is 0 Å². The van der Waals surface area contributed by atoms with Gasteiger partial charge < -0.3 is 4.40 Å². The monoisotopic (exact) mass is 413 g/mol. The molecule has 0 fully saturated rings. The van der Waals surface area contributed by atoms with Crippen LogP contribution in [0.4, 0.5) is 0 Å². The van der Waals surface area contributed by atoms with Crippen LogP contribution >= 0.6 is 0 Å². The fraction of sp³-hybridized carbons (Fsp3) is 0.467. The molecule has 0 N–H and O–H groups in total. The molecule has 0 amide bonds. The maximum Gasteiger partial charge on any atom is 0.0544 e. The van der Waals surface area contributed by atoms with E-state index in [0.717, 1.165) is 0 Å². The van der Waals surface area contributed by atoms with Gasteiger partial charge >= 0.3 is 0 Å². The molecule has 31 heavy (non-hydrogen) atoms. The first-order valence-electron chi connectivity index (χ1n) is 12.8. The highest BCUT2D eigenvalue weighted by Gasteiger charge is 2.16. The number of aromatic nitrogens is 1. The van der Waals surface area contributed by atoms with Gasteiger partial charge in [-0.25, -0.2) is 0 Å². The van der Waals surface area contributed by atoms with Crippen molar-refractivity contribution in [2.45, 2.75) is 90.9 Å². The Morgan fingerprint density at radius 3 is 1.94 bits per heavy atom. The van der Waals surface area contributed by atoms with Gasteiger partial charge in [0.05, 0.1) is 11.0 Å². The predicted octanol–water partition coefficient (Wildman–Crippen LogP) is 9.27. The van der Waals surface area contributed by atoms with Crippen molar-refractivity contribution in [1.29, 1.82) is 0 Å². The zero-order chi connectivity index (χ0) is 21.5. The van der Waals surface area contributed by atoms with Gasteiger partial charge in [-0.1, -0.05) is 108 Å². The minimum absolute atomic E-state index is 1.19. The first kappa shape index (κ1) is 21.9. The number of hydrogen-bond acceptors (Lipinski definition) is 0. The first-order chi connectivity index (χ1) is 15.3. The summed E-state index contributed by atoms with van der Waals surface area (Å²) in [6.45, 7) is 4.60. The van der Waals surface area contributed by atoms with Crippen molar-refractivity contribution in [2.75, 3.05) is 0 Å². The summed E-state index contributed by atoms with van der Waals surface area (Å²) in [6.07, 6.45) is 15.8. The highest BCUT2D eigenvalue weighted by atomic mass is 14.9. The van der Waals surface area contributed by atoms with E-state index in [1.54, 1.807) is 11.3 Å². The van der Waals surface area contributed by atoms with Crippen LogP contribution < -0.4 is 0 Å². The lowest BCUT2D eigenvalue weighted by Gasteiger charge is -2.18. The Morgan fingerprint density at radius 1 is 0.581 bits per heavy atom. The number of rotatable bonds is 12. The largest absolute Gasteiger partial charge is 0.313 e. The molecule has 2 heterocycles. The van der Waals surface area contributed by atoms with Gasteiger partial charge in [0.15, 0.2) is 0 Å². The lowest BCUT2D eigenvalue weighted by molar-refractivity contribution is 0.616. The van der Waals surface area contributed by atoms with Gasteiger partial charge in [-0.3, -0.25) is 0 Å². The number of benzene rings is 2. The molecule has 0 unspecified atom stereocenters. The molecule has 1 heteroatoms. The van der Waals surface area contributed by atoms with E-state index in [1.165, 1.54) is 104 Å². The molecule has 0 saturated carbocycles. The van der Waals surface area contributed by atoms with E-state index in [2.05, 4.69) is 72.8 Å². The Bertz CT molecular complexity index is 1120. The van der Waals surface area contributed by atoms with Crippen LogP contribution in [0.5, 0.6) is 0 Å². The summed E-state index contributed by atoms with van der Waals surface area (Å²) in [5, 5.41) is 4.26. The summed E-state index contributed by atoms with van der Waals surface area (Å²) in [5.41, 5.74) is 5.94. The molecular weight excluding hydrogens is 374 g/mol. The van der Waals surface area contributed by atoms with Gasteiger partial charge in [-0.15, -0.1) is 0 Å². The molecule has 0 spiro atoms. The first-order valence-corrected chi connectivity index (χ1v) is 12.8. The Kier molecular flexibility index (Phi) is 7.67. The van der Waals surface area contributed by atoms with Gasteiger partial charge in [0.2, 0.25) is 0 Å². The van der Waals surface area contributed by atoms with E-state index in [4.69, 9.17) is 0 Å². The van der Waals surface area contributed by atoms with Gasteiger partial charge in [0.1, 0.15) is 0 Å². The average Bonchev–Trinajstić information content (AvgIpc) is 3.19. The molecule has 0 aliphatic rings. The minimum atomic E-state index is 1.19. The second-order valence-electron chi connectivity index (χ2n) is 9.22. The SMILES string of the molecule is CCCCCCCc1c(CCCCCCC)n2c3ccccc3cc2c2ccccc12. The smallest absolute Gasteiger partial charge is 0.0544 e. The summed E-state index contributed by atoms with van der Waals surface area (Å²) >= 11 is 0.